The number of nitrogens with zero attached hydrogens (tertiary/aromatic N) is 1. The number of aromatic carboxylic acids is 1. The SMILES string of the molecule is O=C(CN1C(=O)[C@@H]2[C@H]3CC[C@@H](C3)[C@@H]2C1=O)Nc1ccc(C(=O)O)cc1. The van der Waals surface area contributed by atoms with Crippen molar-refractivity contribution in [2.75, 3.05) is 11.9 Å². The first-order valence-corrected chi connectivity index (χ1v) is 8.44. The van der Waals surface area contributed by atoms with Crippen LogP contribution in [0.5, 0.6) is 0 Å². The lowest BCUT2D eigenvalue weighted by Gasteiger charge is -2.19. The number of carbonyl (C=O) groups excluding carboxylic acids is 3. The van der Waals surface area contributed by atoms with Crippen LogP contribution in [0, 0.1) is 23.7 Å². The number of fused-ring (bicyclic) bond motifs is 5. The van der Waals surface area contributed by atoms with E-state index < -0.39 is 11.9 Å². The molecule has 4 rings (SSSR count). The van der Waals surface area contributed by atoms with Crippen LogP contribution in [-0.4, -0.2) is 40.2 Å². The number of carbonyl (C=O) groups is 4. The van der Waals surface area contributed by atoms with Crippen LogP contribution in [-0.2, 0) is 14.4 Å². The predicted molar refractivity (Wildman–Crippen MR) is 86.6 cm³/mol. The minimum atomic E-state index is -1.05. The number of likely N-dealkylation sites (tertiary alicyclic amines) is 1. The van der Waals surface area contributed by atoms with E-state index in [1.807, 2.05) is 0 Å². The van der Waals surface area contributed by atoms with Gasteiger partial charge in [0, 0.05) is 5.69 Å². The van der Waals surface area contributed by atoms with Crippen LogP contribution in [0.2, 0.25) is 0 Å². The fourth-order valence-corrected chi connectivity index (χ4v) is 4.67. The van der Waals surface area contributed by atoms with Crippen molar-refractivity contribution in [1.29, 1.82) is 0 Å². The molecule has 3 amide bonds. The van der Waals surface area contributed by atoms with Crippen LogP contribution in [0.15, 0.2) is 24.3 Å². The Morgan fingerprint density at radius 3 is 2.12 bits per heavy atom. The topological polar surface area (TPSA) is 104 Å². The normalized spacial score (nSPS) is 29.8. The number of carboxylic acid groups (broad SMARTS) is 1. The predicted octanol–water partition coefficient (Wildman–Crippen LogP) is 1.35. The van der Waals surface area contributed by atoms with Gasteiger partial charge in [-0.2, -0.15) is 0 Å². The third kappa shape index (κ3) is 2.50. The Morgan fingerprint density at radius 2 is 1.60 bits per heavy atom. The molecule has 1 aliphatic heterocycles. The molecular weight excluding hydrogens is 324 g/mol. The molecule has 4 atom stereocenters. The molecule has 0 aromatic heterocycles. The molecule has 3 fully saturated rings. The van der Waals surface area contributed by atoms with Gasteiger partial charge in [0.1, 0.15) is 6.54 Å². The monoisotopic (exact) mass is 342 g/mol. The van der Waals surface area contributed by atoms with Crippen LogP contribution in [0.3, 0.4) is 0 Å². The lowest BCUT2D eigenvalue weighted by molar-refractivity contribution is -0.143. The Kier molecular flexibility index (Phi) is 3.59. The van der Waals surface area contributed by atoms with Gasteiger partial charge in [-0.15, -0.1) is 0 Å². The average Bonchev–Trinajstić information content (AvgIpc) is 3.25. The highest BCUT2D eigenvalue weighted by Gasteiger charge is 2.60. The van der Waals surface area contributed by atoms with Gasteiger partial charge in [-0.25, -0.2) is 4.79 Å². The molecule has 130 valence electrons. The van der Waals surface area contributed by atoms with Gasteiger partial charge in [0.15, 0.2) is 0 Å². The van der Waals surface area contributed by atoms with Gasteiger partial charge in [-0.1, -0.05) is 0 Å². The second kappa shape index (κ2) is 5.68. The lowest BCUT2D eigenvalue weighted by atomic mass is 9.81. The molecule has 2 saturated carbocycles. The van der Waals surface area contributed by atoms with Gasteiger partial charge in [0.05, 0.1) is 17.4 Å². The molecule has 7 nitrogen and oxygen atoms in total. The van der Waals surface area contributed by atoms with Crippen LogP contribution in [0.1, 0.15) is 29.6 Å². The molecule has 25 heavy (non-hydrogen) atoms. The number of benzene rings is 1. The summed E-state index contributed by atoms with van der Waals surface area (Å²) in [5.74, 6) is -1.80. The second-order valence-corrected chi connectivity index (χ2v) is 7.08. The molecule has 1 aromatic carbocycles. The van der Waals surface area contributed by atoms with Gasteiger partial charge in [-0.3, -0.25) is 19.3 Å². The van der Waals surface area contributed by atoms with Crippen molar-refractivity contribution in [2.45, 2.75) is 19.3 Å². The van der Waals surface area contributed by atoms with Gasteiger partial charge in [0.25, 0.3) is 0 Å². The lowest BCUT2D eigenvalue weighted by Crippen LogP contribution is -2.39. The summed E-state index contributed by atoms with van der Waals surface area (Å²) in [6.45, 7) is -0.287. The van der Waals surface area contributed by atoms with E-state index in [1.54, 1.807) is 0 Å². The van der Waals surface area contributed by atoms with E-state index in [1.165, 1.54) is 24.3 Å². The minimum absolute atomic E-state index is 0.117. The summed E-state index contributed by atoms with van der Waals surface area (Å²) in [6, 6.07) is 5.71. The Morgan fingerprint density at radius 1 is 1.04 bits per heavy atom. The molecule has 1 heterocycles. The number of anilines is 1. The fourth-order valence-electron chi connectivity index (χ4n) is 4.67. The summed E-state index contributed by atoms with van der Waals surface area (Å²) < 4.78 is 0. The molecule has 3 aliphatic rings. The van der Waals surface area contributed by atoms with Crippen molar-refractivity contribution < 1.29 is 24.3 Å². The van der Waals surface area contributed by atoms with Gasteiger partial charge in [0.2, 0.25) is 17.7 Å². The van der Waals surface area contributed by atoms with Crippen molar-refractivity contribution in [3.63, 3.8) is 0 Å². The minimum Gasteiger partial charge on any atom is -0.478 e. The average molecular weight is 342 g/mol. The fraction of sp³-hybridized carbons (Fsp3) is 0.444. The number of amides is 3. The highest BCUT2D eigenvalue weighted by Crippen LogP contribution is 2.56. The Labute approximate surface area is 144 Å². The largest absolute Gasteiger partial charge is 0.478 e. The Balaban J connectivity index is 1.42. The van der Waals surface area contributed by atoms with Gasteiger partial charge in [-0.05, 0) is 55.4 Å². The summed E-state index contributed by atoms with van der Waals surface area (Å²) >= 11 is 0. The molecule has 2 bridgehead atoms. The van der Waals surface area contributed by atoms with E-state index in [-0.39, 0.29) is 35.8 Å². The third-order valence-corrected chi connectivity index (χ3v) is 5.74. The maximum atomic E-state index is 12.6. The van der Waals surface area contributed by atoms with Crippen LogP contribution in [0.25, 0.3) is 0 Å². The number of rotatable bonds is 4. The molecule has 2 aliphatic carbocycles. The van der Waals surface area contributed by atoms with Crippen LogP contribution in [0.4, 0.5) is 5.69 Å². The first-order chi connectivity index (χ1) is 12.0. The summed E-state index contributed by atoms with van der Waals surface area (Å²) in [7, 11) is 0. The number of carboxylic acids is 1. The number of imide groups is 1. The van der Waals surface area contributed by atoms with Crippen molar-refractivity contribution in [1.82, 2.24) is 4.90 Å². The Bertz CT molecular complexity index is 744. The molecular formula is C18H18N2O5. The maximum Gasteiger partial charge on any atom is 0.335 e. The highest BCUT2D eigenvalue weighted by atomic mass is 16.4. The second-order valence-electron chi connectivity index (χ2n) is 7.08. The summed E-state index contributed by atoms with van der Waals surface area (Å²) in [5, 5.41) is 11.5. The van der Waals surface area contributed by atoms with E-state index in [0.717, 1.165) is 24.2 Å². The van der Waals surface area contributed by atoms with Gasteiger partial charge >= 0.3 is 5.97 Å². The highest BCUT2D eigenvalue weighted by molar-refractivity contribution is 6.09. The standard InChI is InChI=1S/C18H18N2O5/c21-13(19-12-5-3-9(4-6-12)18(24)25)8-20-16(22)14-10-1-2-11(7-10)15(14)17(20)23/h3-6,10-11,14-15H,1-2,7-8H2,(H,19,21)(H,24,25)/t10-,11-,14-,15+/m0/s1. The zero-order valence-electron chi connectivity index (χ0n) is 13.5. The molecule has 0 spiro atoms. The molecule has 1 aromatic rings. The first-order valence-electron chi connectivity index (χ1n) is 8.44. The smallest absolute Gasteiger partial charge is 0.335 e. The van der Waals surface area contributed by atoms with Crippen LogP contribution >= 0.6 is 0 Å². The van der Waals surface area contributed by atoms with Crippen molar-refractivity contribution in [3.05, 3.63) is 29.8 Å². The summed E-state index contributed by atoms with van der Waals surface area (Å²) in [4.78, 5) is 49.2. The van der Waals surface area contributed by atoms with E-state index in [2.05, 4.69) is 5.32 Å². The van der Waals surface area contributed by atoms with Crippen LogP contribution < -0.4 is 5.32 Å². The van der Waals surface area contributed by atoms with Crippen molar-refractivity contribution >= 4 is 29.4 Å². The van der Waals surface area contributed by atoms with E-state index >= 15 is 0 Å². The van der Waals surface area contributed by atoms with Crippen molar-refractivity contribution in [3.8, 4) is 0 Å². The number of hydrogen-bond acceptors (Lipinski definition) is 4. The molecule has 0 radical (unpaired) electrons. The molecule has 2 N–H and O–H groups in total. The number of nitrogens with one attached hydrogen (secondary N) is 1. The van der Waals surface area contributed by atoms with E-state index in [9.17, 15) is 19.2 Å². The van der Waals surface area contributed by atoms with Gasteiger partial charge < -0.3 is 10.4 Å². The zero-order chi connectivity index (χ0) is 17.7. The third-order valence-electron chi connectivity index (χ3n) is 5.74. The number of hydrogen-bond donors (Lipinski definition) is 2. The van der Waals surface area contributed by atoms with E-state index in [4.69, 9.17) is 5.11 Å². The van der Waals surface area contributed by atoms with Crippen molar-refractivity contribution in [2.24, 2.45) is 23.7 Å². The first kappa shape index (κ1) is 15.8. The quantitative estimate of drug-likeness (QED) is 0.804. The summed E-state index contributed by atoms with van der Waals surface area (Å²) in [5.41, 5.74) is 0.542. The zero-order valence-corrected chi connectivity index (χ0v) is 13.5. The molecule has 0 unspecified atom stereocenters. The maximum absolute atomic E-state index is 12.6. The Hall–Kier alpha value is -2.70. The van der Waals surface area contributed by atoms with E-state index in [0.29, 0.717) is 17.5 Å². The molecule has 7 heteroatoms. The molecule has 1 saturated heterocycles. The summed E-state index contributed by atoms with van der Waals surface area (Å²) in [6.07, 6.45) is 2.96.